The molecule has 3 saturated heterocycles. The lowest BCUT2D eigenvalue weighted by atomic mass is 9.61. The van der Waals surface area contributed by atoms with Crippen molar-refractivity contribution >= 4 is 34.4 Å². The van der Waals surface area contributed by atoms with Crippen LogP contribution in [0, 0.1) is 19.3 Å². The van der Waals surface area contributed by atoms with Crippen LogP contribution in [0.5, 0.6) is 0 Å². The summed E-state index contributed by atoms with van der Waals surface area (Å²) in [5.41, 5.74) is 6.47. The zero-order valence-corrected chi connectivity index (χ0v) is 32.8. The molecule has 2 saturated carbocycles. The molecule has 5 heterocycles. The molecular formula is C42H54ClN7O3. The van der Waals surface area contributed by atoms with Gasteiger partial charge in [0.15, 0.2) is 12.0 Å². The lowest BCUT2D eigenvalue weighted by Gasteiger charge is -2.58. The van der Waals surface area contributed by atoms with Crippen LogP contribution in [0.15, 0.2) is 42.6 Å². The van der Waals surface area contributed by atoms with Crippen molar-refractivity contribution in [3.63, 3.8) is 0 Å². The molecule has 0 bridgehead atoms. The summed E-state index contributed by atoms with van der Waals surface area (Å²) in [6.07, 6.45) is 10.5. The standard InChI is InChI=1S/C42H54ClN7O3/c1-28-20-33-32(23-44-50(33)34-14-9-10-19-52-34)36(37(28)43)35-29(2)49(31-21-41(22-31)25-47(26-41)39(51)53-40(3,4)5)45-38(35)48-18-17-46(27-42(48)15-11-16-42)24-30-12-7-6-8-13-30/h6-8,12-13,20,23,31,34H,9-11,14-19,21-22,24-27H2,1-5H3. The van der Waals surface area contributed by atoms with Crippen LogP contribution in [0.2, 0.25) is 5.02 Å². The first kappa shape index (κ1) is 35.1. The Morgan fingerprint density at radius 2 is 1.77 bits per heavy atom. The summed E-state index contributed by atoms with van der Waals surface area (Å²) in [5, 5.41) is 12.4. The highest BCUT2D eigenvalue weighted by molar-refractivity contribution is 6.36. The molecule has 2 aromatic heterocycles. The monoisotopic (exact) mass is 739 g/mol. The molecule has 1 amide bonds. The Morgan fingerprint density at radius 3 is 2.45 bits per heavy atom. The number of nitrogens with zero attached hydrogens (tertiary/aromatic N) is 7. The van der Waals surface area contributed by atoms with Gasteiger partial charge in [0.2, 0.25) is 0 Å². The first-order valence-corrected chi connectivity index (χ1v) is 20.2. The van der Waals surface area contributed by atoms with Gasteiger partial charge in [-0.05, 0) is 103 Å². The molecule has 282 valence electrons. The Balaban J connectivity index is 1.08. The minimum atomic E-state index is -0.492. The number of carbonyl (C=O) groups is 1. The summed E-state index contributed by atoms with van der Waals surface area (Å²) in [6, 6.07) is 13.3. The topological polar surface area (TPSA) is 80.9 Å². The lowest BCUT2D eigenvalue weighted by molar-refractivity contribution is -0.0930. The lowest BCUT2D eigenvalue weighted by Crippen LogP contribution is -2.66. The number of hydrogen-bond donors (Lipinski definition) is 0. The van der Waals surface area contributed by atoms with Crippen molar-refractivity contribution in [1.82, 2.24) is 29.4 Å². The molecule has 5 fully saturated rings. The van der Waals surface area contributed by atoms with Gasteiger partial charge in [0, 0.05) is 73.5 Å². The first-order valence-electron chi connectivity index (χ1n) is 19.8. The molecule has 2 aliphatic carbocycles. The summed E-state index contributed by atoms with van der Waals surface area (Å²) in [6.45, 7) is 16.3. The molecule has 4 aromatic rings. The number of halogens is 1. The van der Waals surface area contributed by atoms with Crippen molar-refractivity contribution in [3.05, 3.63) is 64.4 Å². The highest BCUT2D eigenvalue weighted by Crippen LogP contribution is 2.56. The fraction of sp³-hybridized carbons (Fsp3) is 0.595. The average Bonchev–Trinajstić information content (AvgIpc) is 3.64. The Bertz CT molecular complexity index is 2010. The fourth-order valence-corrected chi connectivity index (χ4v) is 10.2. The van der Waals surface area contributed by atoms with Crippen molar-refractivity contribution < 1.29 is 14.3 Å². The van der Waals surface area contributed by atoms with E-state index in [9.17, 15) is 4.79 Å². The number of aromatic nitrogens is 4. The predicted molar refractivity (Wildman–Crippen MR) is 208 cm³/mol. The number of fused-ring (bicyclic) bond motifs is 1. The zero-order valence-electron chi connectivity index (χ0n) is 32.0. The zero-order chi connectivity index (χ0) is 36.7. The molecule has 0 N–H and O–H groups in total. The number of piperazine rings is 1. The second kappa shape index (κ2) is 13.0. The van der Waals surface area contributed by atoms with Crippen molar-refractivity contribution in [3.8, 4) is 11.1 Å². The van der Waals surface area contributed by atoms with Crippen molar-refractivity contribution in [2.24, 2.45) is 5.41 Å². The number of anilines is 1. The van der Waals surface area contributed by atoms with Crippen LogP contribution < -0.4 is 4.90 Å². The van der Waals surface area contributed by atoms with E-state index in [1.165, 1.54) is 12.0 Å². The van der Waals surface area contributed by atoms with E-state index in [-0.39, 0.29) is 29.3 Å². The maximum absolute atomic E-state index is 12.8. The molecule has 53 heavy (non-hydrogen) atoms. The number of amides is 1. The predicted octanol–water partition coefficient (Wildman–Crippen LogP) is 8.69. The summed E-state index contributed by atoms with van der Waals surface area (Å²) in [4.78, 5) is 20.0. The van der Waals surface area contributed by atoms with Crippen LogP contribution in [0.3, 0.4) is 0 Å². The number of ether oxygens (including phenoxy) is 2. The molecule has 3 aliphatic heterocycles. The van der Waals surface area contributed by atoms with Gasteiger partial charge >= 0.3 is 6.09 Å². The highest BCUT2D eigenvalue weighted by atomic mass is 35.5. The summed E-state index contributed by atoms with van der Waals surface area (Å²) < 4.78 is 16.3. The summed E-state index contributed by atoms with van der Waals surface area (Å²) in [5.74, 6) is 1.06. The number of rotatable bonds is 6. The molecular weight excluding hydrogens is 686 g/mol. The molecule has 11 heteroatoms. The number of aryl methyl sites for hydroxylation is 1. The van der Waals surface area contributed by atoms with Crippen LogP contribution in [0.25, 0.3) is 22.0 Å². The van der Waals surface area contributed by atoms with Crippen LogP contribution in [0.4, 0.5) is 10.6 Å². The largest absolute Gasteiger partial charge is 0.444 e. The van der Waals surface area contributed by atoms with E-state index >= 15 is 0 Å². The maximum atomic E-state index is 12.8. The Labute approximate surface area is 318 Å². The second-order valence-corrected chi connectivity index (χ2v) is 18.2. The summed E-state index contributed by atoms with van der Waals surface area (Å²) in [7, 11) is 0. The van der Waals surface area contributed by atoms with Gasteiger partial charge in [-0.3, -0.25) is 9.58 Å². The quantitative estimate of drug-likeness (QED) is 0.196. The smallest absolute Gasteiger partial charge is 0.410 e. The third kappa shape index (κ3) is 6.13. The fourth-order valence-electron chi connectivity index (χ4n) is 9.99. The number of likely N-dealkylation sites (tertiary alicyclic amines) is 1. The number of hydrogen-bond acceptors (Lipinski definition) is 7. The van der Waals surface area contributed by atoms with E-state index in [1.54, 1.807) is 0 Å². The normalized spacial score (nSPS) is 22.9. The molecule has 2 aromatic carbocycles. The second-order valence-electron chi connectivity index (χ2n) is 17.8. The Morgan fingerprint density at radius 1 is 1.00 bits per heavy atom. The van der Waals surface area contributed by atoms with Crippen molar-refractivity contribution in [2.75, 3.05) is 44.2 Å². The first-order chi connectivity index (χ1) is 25.4. The number of carbonyl (C=O) groups excluding carboxylic acids is 1. The van der Waals surface area contributed by atoms with E-state index in [0.29, 0.717) is 0 Å². The van der Waals surface area contributed by atoms with E-state index in [1.807, 2.05) is 31.9 Å². The molecule has 1 atom stereocenters. The van der Waals surface area contributed by atoms with Gasteiger partial charge in [-0.1, -0.05) is 41.9 Å². The van der Waals surface area contributed by atoms with E-state index in [2.05, 4.69) is 69.4 Å². The van der Waals surface area contributed by atoms with Crippen molar-refractivity contribution in [2.45, 2.75) is 116 Å². The van der Waals surface area contributed by atoms with Gasteiger partial charge in [0.25, 0.3) is 0 Å². The minimum absolute atomic E-state index is 0.0334. The van der Waals surface area contributed by atoms with Crippen LogP contribution in [-0.4, -0.2) is 85.9 Å². The van der Waals surface area contributed by atoms with E-state index in [4.69, 9.17) is 31.3 Å². The van der Waals surface area contributed by atoms with Gasteiger partial charge in [-0.25, -0.2) is 9.48 Å². The Hall–Kier alpha value is -3.60. The van der Waals surface area contributed by atoms with Crippen LogP contribution >= 0.6 is 11.6 Å². The molecule has 2 spiro atoms. The van der Waals surface area contributed by atoms with E-state index < -0.39 is 5.60 Å². The Kier molecular flexibility index (Phi) is 8.63. The molecule has 9 rings (SSSR count). The molecule has 10 nitrogen and oxygen atoms in total. The van der Waals surface area contributed by atoms with Crippen molar-refractivity contribution in [1.29, 1.82) is 0 Å². The highest BCUT2D eigenvalue weighted by Gasteiger charge is 2.56. The van der Waals surface area contributed by atoms with Gasteiger partial charge in [0.1, 0.15) is 5.60 Å². The molecule has 1 unspecified atom stereocenters. The molecule has 0 radical (unpaired) electrons. The number of benzene rings is 2. The third-order valence-corrected chi connectivity index (χ3v) is 13.2. The SMILES string of the molecule is Cc1cc2c(cnn2C2CCCCO2)c(-c2c(N3CCN(Cc4ccccc4)CC34CCC4)nn(C3CC4(C3)CN(C(=O)OC(C)(C)C)C4)c2C)c1Cl. The van der Waals surface area contributed by atoms with Gasteiger partial charge < -0.3 is 19.3 Å². The maximum Gasteiger partial charge on any atom is 0.410 e. The summed E-state index contributed by atoms with van der Waals surface area (Å²) >= 11 is 7.44. The van der Waals surface area contributed by atoms with Gasteiger partial charge in [0.05, 0.1) is 28.3 Å². The van der Waals surface area contributed by atoms with Crippen LogP contribution in [-0.2, 0) is 16.0 Å². The van der Waals surface area contributed by atoms with Gasteiger partial charge in [-0.15, -0.1) is 0 Å². The van der Waals surface area contributed by atoms with E-state index in [0.717, 1.165) is 135 Å². The average molecular weight is 740 g/mol. The minimum Gasteiger partial charge on any atom is -0.444 e. The molecule has 5 aliphatic rings. The van der Waals surface area contributed by atoms with Crippen LogP contribution in [0.1, 0.15) is 101 Å². The van der Waals surface area contributed by atoms with Gasteiger partial charge in [-0.2, -0.15) is 10.2 Å². The third-order valence-electron chi connectivity index (χ3n) is 12.7.